The second kappa shape index (κ2) is 6.93. The van der Waals surface area contributed by atoms with E-state index in [1.807, 2.05) is 0 Å². The summed E-state index contributed by atoms with van der Waals surface area (Å²) in [5.41, 5.74) is 1.10. The third kappa shape index (κ3) is 4.64. The van der Waals surface area contributed by atoms with Gasteiger partial charge in [0.05, 0.1) is 4.90 Å². The molecule has 0 aliphatic carbocycles. The number of nitrogens with one attached hydrogen (secondary N) is 2. The predicted octanol–water partition coefficient (Wildman–Crippen LogP) is 2.15. The fraction of sp³-hybridized carbons (Fsp3) is 0.214. The maximum atomic E-state index is 12.3. The first kappa shape index (κ1) is 17.2. The van der Waals surface area contributed by atoms with Crippen molar-refractivity contribution in [3.63, 3.8) is 0 Å². The van der Waals surface area contributed by atoms with Crippen molar-refractivity contribution < 1.29 is 13.2 Å². The molecule has 0 aliphatic rings. The number of hydrogen-bond donors (Lipinski definition) is 2. The molecule has 2 N–H and O–H groups in total. The largest absolute Gasteiger partial charge is 0.325 e. The van der Waals surface area contributed by atoms with Crippen LogP contribution in [0.5, 0.6) is 0 Å². The van der Waals surface area contributed by atoms with Crippen LogP contribution >= 0.6 is 11.6 Å². The predicted molar refractivity (Wildman–Crippen MR) is 88.0 cm³/mol. The Morgan fingerprint density at radius 1 is 1.22 bits per heavy atom. The number of benzene rings is 1. The van der Waals surface area contributed by atoms with Gasteiger partial charge in [-0.25, -0.2) is 23.1 Å². The van der Waals surface area contributed by atoms with Gasteiger partial charge in [-0.1, -0.05) is 0 Å². The molecular weight excluding hydrogens is 340 g/mol. The summed E-state index contributed by atoms with van der Waals surface area (Å²) in [6.45, 7) is 3.27. The summed E-state index contributed by atoms with van der Waals surface area (Å²) in [5, 5.41) is 1.88. The minimum atomic E-state index is -3.81. The lowest BCUT2D eigenvalue weighted by Crippen LogP contribution is -2.20. The SMILES string of the molecule is Cc1ccnc(NS(=O)(=O)c2ccc(NC(=O)C(C)Cl)cc2)n1. The topological polar surface area (TPSA) is 101 Å². The molecule has 1 atom stereocenters. The Labute approximate surface area is 139 Å². The second-order valence-corrected chi connectivity index (χ2v) is 7.09. The van der Waals surface area contributed by atoms with Crippen LogP contribution in [0, 0.1) is 6.92 Å². The first-order valence-corrected chi connectivity index (χ1v) is 8.57. The fourth-order valence-corrected chi connectivity index (χ4v) is 2.64. The van der Waals surface area contributed by atoms with E-state index in [4.69, 9.17) is 11.6 Å². The molecule has 1 amide bonds. The second-order valence-electron chi connectivity index (χ2n) is 4.76. The zero-order valence-corrected chi connectivity index (χ0v) is 14.0. The van der Waals surface area contributed by atoms with Crippen molar-refractivity contribution in [3.05, 3.63) is 42.2 Å². The Balaban J connectivity index is 2.16. The number of anilines is 2. The molecule has 0 aliphatic heterocycles. The van der Waals surface area contributed by atoms with Gasteiger partial charge in [-0.15, -0.1) is 11.6 Å². The molecule has 1 unspecified atom stereocenters. The van der Waals surface area contributed by atoms with E-state index in [-0.39, 0.29) is 16.8 Å². The van der Waals surface area contributed by atoms with Crippen LogP contribution in [0.25, 0.3) is 0 Å². The highest BCUT2D eigenvalue weighted by molar-refractivity contribution is 7.92. The lowest BCUT2D eigenvalue weighted by molar-refractivity contribution is -0.115. The average Bonchev–Trinajstić information content (AvgIpc) is 2.47. The molecule has 0 saturated heterocycles. The van der Waals surface area contributed by atoms with Crippen molar-refractivity contribution in [2.24, 2.45) is 0 Å². The van der Waals surface area contributed by atoms with E-state index in [0.29, 0.717) is 11.4 Å². The van der Waals surface area contributed by atoms with Crippen LogP contribution < -0.4 is 10.0 Å². The lowest BCUT2D eigenvalue weighted by atomic mass is 10.3. The Bertz CT molecular complexity index is 807. The van der Waals surface area contributed by atoms with Gasteiger partial charge in [-0.05, 0) is 44.2 Å². The molecule has 0 bridgehead atoms. The molecule has 7 nitrogen and oxygen atoms in total. The van der Waals surface area contributed by atoms with E-state index >= 15 is 0 Å². The first-order chi connectivity index (χ1) is 10.8. The lowest BCUT2D eigenvalue weighted by Gasteiger charge is -2.09. The molecule has 0 saturated carbocycles. The minimum Gasteiger partial charge on any atom is -0.325 e. The zero-order valence-electron chi connectivity index (χ0n) is 12.4. The number of aromatic nitrogens is 2. The Hall–Kier alpha value is -2.19. The summed E-state index contributed by atoms with van der Waals surface area (Å²) in [5.74, 6) is -0.369. The van der Waals surface area contributed by atoms with Gasteiger partial charge < -0.3 is 5.32 Å². The third-order valence-electron chi connectivity index (χ3n) is 2.81. The van der Waals surface area contributed by atoms with Gasteiger partial charge in [0.1, 0.15) is 5.38 Å². The molecule has 1 heterocycles. The number of aryl methyl sites for hydroxylation is 1. The Morgan fingerprint density at radius 2 is 1.87 bits per heavy atom. The number of nitrogens with zero attached hydrogens (tertiary/aromatic N) is 2. The molecule has 0 spiro atoms. The minimum absolute atomic E-state index is 0.00153. The van der Waals surface area contributed by atoms with E-state index in [0.717, 1.165) is 0 Å². The Kier molecular flexibility index (Phi) is 5.17. The number of carbonyl (C=O) groups excluding carboxylic acids is 1. The molecule has 0 fully saturated rings. The van der Waals surface area contributed by atoms with E-state index in [2.05, 4.69) is 20.0 Å². The maximum absolute atomic E-state index is 12.3. The normalized spacial score (nSPS) is 12.5. The molecule has 2 rings (SSSR count). The molecule has 1 aromatic heterocycles. The quantitative estimate of drug-likeness (QED) is 0.801. The zero-order chi connectivity index (χ0) is 17.0. The fourth-order valence-electron chi connectivity index (χ4n) is 1.64. The molecule has 1 aromatic carbocycles. The highest BCUT2D eigenvalue weighted by Crippen LogP contribution is 2.17. The van der Waals surface area contributed by atoms with Crippen molar-refractivity contribution in [3.8, 4) is 0 Å². The van der Waals surface area contributed by atoms with E-state index in [1.165, 1.54) is 30.5 Å². The van der Waals surface area contributed by atoms with Crippen molar-refractivity contribution in [1.29, 1.82) is 0 Å². The highest BCUT2D eigenvalue weighted by Gasteiger charge is 2.16. The number of alkyl halides is 1. The van der Waals surface area contributed by atoms with Crippen molar-refractivity contribution in [2.75, 3.05) is 10.0 Å². The van der Waals surface area contributed by atoms with Gasteiger partial charge >= 0.3 is 0 Å². The van der Waals surface area contributed by atoms with Gasteiger partial charge in [0.25, 0.3) is 10.0 Å². The number of hydrogen-bond acceptors (Lipinski definition) is 5. The molecule has 9 heteroatoms. The van der Waals surface area contributed by atoms with Crippen molar-refractivity contribution in [1.82, 2.24) is 9.97 Å². The maximum Gasteiger partial charge on any atom is 0.264 e. The standard InChI is InChI=1S/C14H15ClN4O3S/c1-9-7-8-16-14(17-9)19-23(21,22)12-5-3-11(4-6-12)18-13(20)10(2)15/h3-8,10H,1-2H3,(H,18,20)(H,16,17,19). The third-order valence-corrected chi connectivity index (χ3v) is 4.36. The van der Waals surface area contributed by atoms with E-state index in [1.54, 1.807) is 19.9 Å². The number of halogens is 1. The summed E-state index contributed by atoms with van der Waals surface area (Å²) in [4.78, 5) is 19.3. The average molecular weight is 355 g/mol. The summed E-state index contributed by atoms with van der Waals surface area (Å²) in [7, 11) is -3.81. The molecule has 122 valence electrons. The van der Waals surface area contributed by atoms with E-state index < -0.39 is 15.4 Å². The van der Waals surface area contributed by atoms with Crippen LogP contribution in [0.3, 0.4) is 0 Å². The monoisotopic (exact) mass is 354 g/mol. The Morgan fingerprint density at radius 3 is 2.43 bits per heavy atom. The van der Waals surface area contributed by atoms with Crippen LogP contribution in [0.15, 0.2) is 41.4 Å². The van der Waals surface area contributed by atoms with Gasteiger partial charge in [0.2, 0.25) is 11.9 Å². The molecule has 2 aromatic rings. The van der Waals surface area contributed by atoms with Crippen LogP contribution in [0.2, 0.25) is 0 Å². The summed E-state index contributed by atoms with van der Waals surface area (Å²) in [6.07, 6.45) is 1.46. The first-order valence-electron chi connectivity index (χ1n) is 6.65. The van der Waals surface area contributed by atoms with Crippen LogP contribution in [0.4, 0.5) is 11.6 Å². The number of sulfonamides is 1. The summed E-state index contributed by atoms with van der Waals surface area (Å²) >= 11 is 5.65. The van der Waals surface area contributed by atoms with Gasteiger partial charge in [-0.3, -0.25) is 4.79 Å². The summed E-state index contributed by atoms with van der Waals surface area (Å²) < 4.78 is 26.8. The molecule has 0 radical (unpaired) electrons. The van der Waals surface area contributed by atoms with Gasteiger partial charge in [-0.2, -0.15) is 0 Å². The molecular formula is C14H15ClN4O3S. The van der Waals surface area contributed by atoms with Gasteiger partial charge in [0, 0.05) is 17.6 Å². The van der Waals surface area contributed by atoms with Crippen LogP contribution in [-0.4, -0.2) is 29.7 Å². The van der Waals surface area contributed by atoms with Crippen LogP contribution in [0.1, 0.15) is 12.6 Å². The van der Waals surface area contributed by atoms with Crippen LogP contribution in [-0.2, 0) is 14.8 Å². The number of amides is 1. The van der Waals surface area contributed by atoms with Crippen molar-refractivity contribution >= 4 is 39.2 Å². The smallest absolute Gasteiger partial charge is 0.264 e. The van der Waals surface area contributed by atoms with Crippen molar-refractivity contribution in [2.45, 2.75) is 24.1 Å². The van der Waals surface area contributed by atoms with Gasteiger partial charge in [0.15, 0.2) is 0 Å². The molecule has 23 heavy (non-hydrogen) atoms. The highest BCUT2D eigenvalue weighted by atomic mass is 35.5. The summed E-state index contributed by atoms with van der Waals surface area (Å²) in [6, 6.07) is 7.35. The number of carbonyl (C=O) groups is 1. The van der Waals surface area contributed by atoms with E-state index in [9.17, 15) is 13.2 Å². The number of rotatable bonds is 5.